The van der Waals surface area contributed by atoms with Gasteiger partial charge in [0, 0.05) is 6.54 Å². The van der Waals surface area contributed by atoms with Crippen LogP contribution in [0.1, 0.15) is 39.2 Å². The van der Waals surface area contributed by atoms with E-state index in [0.717, 1.165) is 12.1 Å². The number of rotatable bonds is 5. The fraction of sp³-hybridized carbons (Fsp3) is 0.562. The van der Waals surface area contributed by atoms with E-state index in [0.29, 0.717) is 11.3 Å². The molecule has 20 heavy (non-hydrogen) atoms. The minimum absolute atomic E-state index is 0. The number of nitrogens with one attached hydrogen (secondary N) is 1. The summed E-state index contributed by atoms with van der Waals surface area (Å²) >= 11 is 0. The van der Waals surface area contributed by atoms with Crippen LogP contribution in [0.2, 0.25) is 0 Å². The first-order valence-electron chi connectivity index (χ1n) is 7.01. The molecule has 0 heterocycles. The van der Waals surface area contributed by atoms with Crippen molar-refractivity contribution in [2.75, 3.05) is 6.54 Å². The molecule has 1 aromatic carbocycles. The summed E-state index contributed by atoms with van der Waals surface area (Å²) in [6.45, 7) is 6.95. The summed E-state index contributed by atoms with van der Waals surface area (Å²) < 4.78 is 0. The minimum atomic E-state index is -0.964. The van der Waals surface area contributed by atoms with Gasteiger partial charge < -0.3 is 11.1 Å². The van der Waals surface area contributed by atoms with E-state index in [-0.39, 0.29) is 18.3 Å². The predicted octanol–water partition coefficient (Wildman–Crippen LogP) is 2.83. The van der Waals surface area contributed by atoms with E-state index in [4.69, 9.17) is 5.73 Å². The Morgan fingerprint density at radius 2 is 1.90 bits per heavy atom. The standard InChI is InChI=1S/C16H24N2O.ClH/c1-12(2)16(9-10-16)11-18-14(19)15(3,17)13-7-5-4-6-8-13;/h4-8,12H,9-11,17H2,1-3H3,(H,18,19);1H. The average Bonchev–Trinajstić information content (AvgIpc) is 3.18. The zero-order chi connectivity index (χ0) is 14.1. The summed E-state index contributed by atoms with van der Waals surface area (Å²) in [4.78, 5) is 12.3. The Labute approximate surface area is 127 Å². The quantitative estimate of drug-likeness (QED) is 0.878. The van der Waals surface area contributed by atoms with Crippen LogP contribution in [0.3, 0.4) is 0 Å². The highest BCUT2D eigenvalue weighted by atomic mass is 35.5. The molecule has 0 aliphatic heterocycles. The molecular formula is C16H25ClN2O. The molecule has 0 spiro atoms. The second-order valence-electron chi connectivity index (χ2n) is 6.27. The molecule has 0 radical (unpaired) electrons. The van der Waals surface area contributed by atoms with Crippen LogP contribution in [0, 0.1) is 11.3 Å². The Morgan fingerprint density at radius 1 is 1.35 bits per heavy atom. The molecular weight excluding hydrogens is 272 g/mol. The van der Waals surface area contributed by atoms with Crippen LogP contribution in [0.25, 0.3) is 0 Å². The molecule has 4 heteroatoms. The number of carbonyl (C=O) groups is 1. The summed E-state index contributed by atoms with van der Waals surface area (Å²) in [5, 5.41) is 3.04. The second kappa shape index (κ2) is 6.15. The number of benzene rings is 1. The maximum absolute atomic E-state index is 12.3. The third-order valence-electron chi connectivity index (χ3n) is 4.56. The first kappa shape index (κ1) is 17.0. The maximum Gasteiger partial charge on any atom is 0.244 e. The molecule has 3 nitrogen and oxygen atoms in total. The number of nitrogens with two attached hydrogens (primary N) is 1. The van der Waals surface area contributed by atoms with Crippen molar-refractivity contribution in [1.29, 1.82) is 0 Å². The van der Waals surface area contributed by atoms with Gasteiger partial charge in [-0.15, -0.1) is 12.4 Å². The predicted molar refractivity (Wildman–Crippen MR) is 84.7 cm³/mol. The van der Waals surface area contributed by atoms with Crippen molar-refractivity contribution in [3.8, 4) is 0 Å². The maximum atomic E-state index is 12.3. The number of halogens is 1. The van der Waals surface area contributed by atoms with Gasteiger partial charge >= 0.3 is 0 Å². The van der Waals surface area contributed by atoms with Gasteiger partial charge in [-0.05, 0) is 36.7 Å². The fourth-order valence-electron chi connectivity index (χ4n) is 2.47. The lowest BCUT2D eigenvalue weighted by Gasteiger charge is -2.27. The van der Waals surface area contributed by atoms with Crippen molar-refractivity contribution >= 4 is 18.3 Å². The van der Waals surface area contributed by atoms with Gasteiger partial charge in [-0.1, -0.05) is 44.2 Å². The lowest BCUT2D eigenvalue weighted by Crippen LogP contribution is -2.50. The average molecular weight is 297 g/mol. The number of carbonyl (C=O) groups excluding carboxylic acids is 1. The van der Waals surface area contributed by atoms with Gasteiger partial charge in [0.05, 0.1) is 0 Å². The smallest absolute Gasteiger partial charge is 0.244 e. The van der Waals surface area contributed by atoms with E-state index in [9.17, 15) is 4.79 Å². The van der Waals surface area contributed by atoms with E-state index < -0.39 is 5.54 Å². The number of hydrogen-bond donors (Lipinski definition) is 2. The van der Waals surface area contributed by atoms with Crippen molar-refractivity contribution in [3.05, 3.63) is 35.9 Å². The normalized spacial score (nSPS) is 18.9. The van der Waals surface area contributed by atoms with Gasteiger partial charge in [-0.3, -0.25) is 4.79 Å². The van der Waals surface area contributed by atoms with Crippen LogP contribution >= 0.6 is 12.4 Å². The summed E-state index contributed by atoms with van der Waals surface area (Å²) in [5.41, 5.74) is 6.39. The van der Waals surface area contributed by atoms with E-state index in [2.05, 4.69) is 19.2 Å². The largest absolute Gasteiger partial charge is 0.354 e. The Balaban J connectivity index is 0.00000200. The first-order chi connectivity index (χ1) is 8.88. The molecule has 3 N–H and O–H groups in total. The molecule has 0 saturated heterocycles. The Bertz CT molecular complexity index is 453. The first-order valence-corrected chi connectivity index (χ1v) is 7.01. The highest BCUT2D eigenvalue weighted by Crippen LogP contribution is 2.51. The van der Waals surface area contributed by atoms with E-state index in [1.165, 1.54) is 12.8 Å². The lowest BCUT2D eigenvalue weighted by molar-refractivity contribution is -0.126. The molecule has 0 bridgehead atoms. The van der Waals surface area contributed by atoms with Crippen molar-refractivity contribution in [3.63, 3.8) is 0 Å². The van der Waals surface area contributed by atoms with Crippen LogP contribution in [-0.2, 0) is 10.3 Å². The third-order valence-corrected chi connectivity index (χ3v) is 4.56. The summed E-state index contributed by atoms with van der Waals surface area (Å²) in [5.74, 6) is 0.513. The molecule has 1 atom stereocenters. The minimum Gasteiger partial charge on any atom is -0.354 e. The summed E-state index contributed by atoms with van der Waals surface area (Å²) in [6, 6.07) is 9.54. The molecule has 1 aromatic rings. The lowest BCUT2D eigenvalue weighted by atomic mass is 9.90. The molecule has 1 aliphatic carbocycles. The van der Waals surface area contributed by atoms with Crippen molar-refractivity contribution in [2.45, 2.75) is 39.2 Å². The molecule has 1 unspecified atom stereocenters. The highest BCUT2D eigenvalue weighted by molar-refractivity contribution is 5.87. The molecule has 2 rings (SSSR count). The van der Waals surface area contributed by atoms with Crippen LogP contribution < -0.4 is 11.1 Å². The Kier molecular flexibility index (Phi) is 5.22. The number of amides is 1. The molecule has 1 aliphatic rings. The van der Waals surface area contributed by atoms with Crippen LogP contribution in [0.15, 0.2) is 30.3 Å². The van der Waals surface area contributed by atoms with Gasteiger partial charge in [-0.2, -0.15) is 0 Å². The van der Waals surface area contributed by atoms with Crippen molar-refractivity contribution in [1.82, 2.24) is 5.32 Å². The van der Waals surface area contributed by atoms with E-state index >= 15 is 0 Å². The summed E-state index contributed by atoms with van der Waals surface area (Å²) in [7, 11) is 0. The van der Waals surface area contributed by atoms with E-state index in [1.54, 1.807) is 6.92 Å². The van der Waals surface area contributed by atoms with Gasteiger partial charge in [0.15, 0.2) is 0 Å². The van der Waals surface area contributed by atoms with E-state index in [1.807, 2.05) is 30.3 Å². The zero-order valence-corrected chi connectivity index (χ0v) is 13.3. The molecule has 112 valence electrons. The Morgan fingerprint density at radius 3 is 2.35 bits per heavy atom. The number of hydrogen-bond acceptors (Lipinski definition) is 2. The monoisotopic (exact) mass is 296 g/mol. The van der Waals surface area contributed by atoms with Gasteiger partial charge in [-0.25, -0.2) is 0 Å². The molecule has 1 saturated carbocycles. The SMILES string of the molecule is CC(C)C1(CNC(=O)C(C)(N)c2ccccc2)CC1.Cl. The summed E-state index contributed by atoms with van der Waals surface area (Å²) in [6.07, 6.45) is 2.41. The highest BCUT2D eigenvalue weighted by Gasteiger charge is 2.46. The second-order valence-corrected chi connectivity index (χ2v) is 6.27. The topological polar surface area (TPSA) is 55.1 Å². The molecule has 1 fully saturated rings. The van der Waals surface area contributed by atoms with Gasteiger partial charge in [0.25, 0.3) is 0 Å². The van der Waals surface area contributed by atoms with Crippen LogP contribution in [0.4, 0.5) is 0 Å². The van der Waals surface area contributed by atoms with Crippen molar-refractivity contribution in [2.24, 2.45) is 17.1 Å². The molecule has 0 aromatic heterocycles. The Hall–Kier alpha value is -1.06. The zero-order valence-electron chi connectivity index (χ0n) is 12.5. The fourth-order valence-corrected chi connectivity index (χ4v) is 2.47. The van der Waals surface area contributed by atoms with Gasteiger partial charge in [0.1, 0.15) is 5.54 Å². The van der Waals surface area contributed by atoms with Crippen LogP contribution in [0.5, 0.6) is 0 Å². The third kappa shape index (κ3) is 3.33. The van der Waals surface area contributed by atoms with Crippen molar-refractivity contribution < 1.29 is 4.79 Å². The molecule has 1 amide bonds. The van der Waals surface area contributed by atoms with Gasteiger partial charge in [0.2, 0.25) is 5.91 Å². The van der Waals surface area contributed by atoms with Crippen LogP contribution in [-0.4, -0.2) is 12.5 Å².